The van der Waals surface area contributed by atoms with Crippen LogP contribution in [0, 0.1) is 0 Å². The molecule has 133 heavy (non-hydrogen) atoms. The molecule has 0 bridgehead atoms. The van der Waals surface area contributed by atoms with Crippen LogP contribution in [0.5, 0.6) is 0 Å². The Morgan fingerprint density at radius 3 is 0.992 bits per heavy atom. The topological polar surface area (TPSA) is 19.6 Å². The van der Waals surface area contributed by atoms with E-state index in [1.54, 1.807) is 11.1 Å². The summed E-state index contributed by atoms with van der Waals surface area (Å²) in [5, 5.41) is 2.17. The molecule has 0 fully saturated rings. The smallest absolute Gasteiger partial charge is 0.145 e. The molecule has 0 radical (unpaired) electrons. The Morgan fingerprint density at radius 1 is 0.256 bits per heavy atom. The first-order chi connectivity index (χ1) is 63.9. The van der Waals surface area contributed by atoms with E-state index >= 15 is 0 Å². The van der Waals surface area contributed by atoms with Crippen LogP contribution in [0.1, 0.15) is 292 Å². The number of hydrogen-bond acceptors (Lipinski definition) is 3. The lowest BCUT2D eigenvalue weighted by Gasteiger charge is -2.34. The van der Waals surface area contributed by atoms with Gasteiger partial charge in [0.1, 0.15) is 11.2 Å². The van der Waals surface area contributed by atoms with E-state index in [0.717, 1.165) is 61.6 Å². The first-order valence-electron chi connectivity index (χ1n) is 50.1. The van der Waals surface area contributed by atoms with Gasteiger partial charge >= 0.3 is 0 Å². The van der Waals surface area contributed by atoms with E-state index in [1.807, 2.05) is 0 Å². The molecule has 5 aliphatic rings. The molecule has 1 unspecified atom stereocenters. The summed E-state index contributed by atoms with van der Waals surface area (Å²) >= 11 is 0. The van der Waals surface area contributed by atoms with Crippen LogP contribution in [-0.4, -0.2) is 0 Å². The summed E-state index contributed by atoms with van der Waals surface area (Å²) < 4.78 is 7.70. The second kappa shape index (κ2) is 32.8. The Morgan fingerprint density at radius 2 is 0.571 bits per heavy atom. The predicted molar refractivity (Wildman–Crippen MR) is 568 cm³/mol. The van der Waals surface area contributed by atoms with Gasteiger partial charge in [-0.2, -0.15) is 0 Å². The molecule has 3 heteroatoms. The molecule has 5 aliphatic carbocycles. The highest BCUT2D eigenvalue weighted by Crippen LogP contribution is 2.68. The van der Waals surface area contributed by atoms with Gasteiger partial charge in [-0.25, -0.2) is 0 Å². The Balaban J connectivity index is 0.677. The second-order valence-corrected chi connectivity index (χ2v) is 45.0. The minimum Gasteiger partial charge on any atom is -0.455 e. The number of furan rings is 1. The lowest BCUT2D eigenvalue weighted by Crippen LogP contribution is -2.27. The van der Waals surface area contributed by atoms with Gasteiger partial charge in [-0.3, -0.25) is 0 Å². The zero-order valence-corrected chi connectivity index (χ0v) is 82.1. The standard InChI is InChI=1S/C130H132N2O/c1-19-21-23-25-27-35-73-129(74-36-28-26-24-22-20-2)108-40-32-29-37-98(108)104-70-47-87(79-114(104)129)85-45-68-102-100-66-43-83(75-110(100)127(15,16)112(102)77-85)84-44-67-101-103-69-46-86(78-113(103)128(17,18)111(101)76-84)88-48-71-105-99-38-30-33-41-109(99)130(115(105)80-88)116-81-97(131(93-57-49-89(50-58-93)123(3,4)5)94-59-51-90(52-60-94)124(6,7)8)65-72-106(116)120-117(130)82-118(121-107-39-31-34-42-119(107)133-122(120)121)132(95-61-53-91(54-62-95)125(9,10)11)96-63-55-92(56-64-96)126(12,13)14/h29-34,37-72,75-82H,19-28,35-36,73-74H2,1-18H3. The van der Waals surface area contributed by atoms with Crippen LogP contribution in [0.2, 0.25) is 0 Å². The number of benzene rings is 15. The van der Waals surface area contributed by atoms with Crippen molar-refractivity contribution >= 4 is 56.1 Å². The third-order valence-electron chi connectivity index (χ3n) is 31.8. The molecule has 1 spiro atoms. The van der Waals surface area contributed by atoms with Gasteiger partial charge in [-0.05, 0) is 305 Å². The fourth-order valence-corrected chi connectivity index (χ4v) is 24.2. The highest BCUT2D eigenvalue weighted by atomic mass is 16.3. The van der Waals surface area contributed by atoms with E-state index in [1.165, 1.54) is 240 Å². The number of rotatable bonds is 23. The number of fused-ring (bicyclic) bond motifs is 23. The van der Waals surface area contributed by atoms with E-state index in [4.69, 9.17) is 4.42 Å². The average Bonchev–Trinajstić information content (AvgIpc) is 1.49. The largest absolute Gasteiger partial charge is 0.455 e. The number of hydrogen-bond donors (Lipinski definition) is 0. The molecule has 3 nitrogen and oxygen atoms in total. The van der Waals surface area contributed by atoms with Crippen LogP contribution in [0.25, 0.3) is 111 Å². The Hall–Kier alpha value is -12.3. The average molecular weight is 1740 g/mol. The minimum absolute atomic E-state index is 0.0303. The fourth-order valence-electron chi connectivity index (χ4n) is 24.2. The molecule has 1 heterocycles. The van der Waals surface area contributed by atoms with Crippen molar-refractivity contribution in [3.63, 3.8) is 0 Å². The van der Waals surface area contributed by atoms with Crippen molar-refractivity contribution in [2.45, 2.75) is 258 Å². The van der Waals surface area contributed by atoms with Gasteiger partial charge in [0, 0.05) is 55.6 Å². The van der Waals surface area contributed by atoms with Crippen molar-refractivity contribution in [3.8, 4) is 89.0 Å². The van der Waals surface area contributed by atoms with Gasteiger partial charge in [0.2, 0.25) is 0 Å². The van der Waals surface area contributed by atoms with Crippen molar-refractivity contribution < 1.29 is 4.42 Å². The maximum absolute atomic E-state index is 7.70. The lowest BCUT2D eigenvalue weighted by molar-refractivity contribution is 0.398. The van der Waals surface area contributed by atoms with Crippen LogP contribution in [0.15, 0.2) is 308 Å². The van der Waals surface area contributed by atoms with E-state index in [2.05, 4.69) is 438 Å². The molecule has 15 aromatic carbocycles. The van der Waals surface area contributed by atoms with Gasteiger partial charge in [-0.15, -0.1) is 0 Å². The number of unbranched alkanes of at least 4 members (excludes halogenated alkanes) is 10. The Kier molecular flexibility index (Phi) is 21.6. The summed E-state index contributed by atoms with van der Waals surface area (Å²) in [5.41, 5.74) is 46.1. The SMILES string of the molecule is CCCCCCCCC1(CCCCCCCC)c2ccccc2-c2ccc(-c3ccc4c(c3)C(C)(C)c3cc(-c5ccc6c(c5)C(C)(C)c5cc(-c7ccc8c(c7)C7(c9ccccc9-8)c8cc(N(c9ccc(C(C)(C)C)cc9)c9ccc(C(C)(C)C)cc9)ccc8-c8c7cc(N(c7ccc(C(C)(C)C)cc7)c7ccc(C(C)(C)C)cc7)c7c8oc8ccccc87)ccc5-6)ccc3-4)cc21. The predicted octanol–water partition coefficient (Wildman–Crippen LogP) is 37.4. The summed E-state index contributed by atoms with van der Waals surface area (Å²) in [6.45, 7) is 42.3. The van der Waals surface area contributed by atoms with E-state index < -0.39 is 5.41 Å². The summed E-state index contributed by atoms with van der Waals surface area (Å²) in [6.07, 6.45) is 18.2. The van der Waals surface area contributed by atoms with Gasteiger partial charge in [0.15, 0.2) is 0 Å². The van der Waals surface area contributed by atoms with E-state index in [9.17, 15) is 0 Å². The van der Waals surface area contributed by atoms with Crippen LogP contribution < -0.4 is 9.80 Å². The lowest BCUT2D eigenvalue weighted by atomic mass is 9.70. The van der Waals surface area contributed by atoms with E-state index in [0.29, 0.717) is 0 Å². The fraction of sp³-hybridized carbons (Fsp3) is 0.308. The molecule has 1 aromatic heterocycles. The Labute approximate surface area is 792 Å². The van der Waals surface area contributed by atoms with E-state index in [-0.39, 0.29) is 37.9 Å². The second-order valence-electron chi connectivity index (χ2n) is 45.0. The molecule has 1 atom stereocenters. The van der Waals surface area contributed by atoms with Gasteiger partial charge < -0.3 is 14.2 Å². The molecular weight excluding hydrogens is 1610 g/mol. The van der Waals surface area contributed by atoms with Crippen molar-refractivity contribution in [3.05, 3.63) is 381 Å². The zero-order valence-electron chi connectivity index (χ0n) is 82.1. The molecule has 0 amide bonds. The summed E-state index contributed by atoms with van der Waals surface area (Å²) in [4.78, 5) is 5.03. The molecule has 0 N–H and O–H groups in total. The number of nitrogens with zero attached hydrogens (tertiary/aromatic N) is 2. The first kappa shape index (κ1) is 87.4. The van der Waals surface area contributed by atoms with Crippen molar-refractivity contribution in [2.75, 3.05) is 9.80 Å². The molecular formula is C130H132N2O. The quantitative estimate of drug-likeness (QED) is 0.0595. The van der Waals surface area contributed by atoms with Crippen molar-refractivity contribution in [2.24, 2.45) is 0 Å². The van der Waals surface area contributed by atoms with Gasteiger partial charge in [-0.1, -0.05) is 396 Å². The zero-order chi connectivity index (χ0) is 92.2. The van der Waals surface area contributed by atoms with Gasteiger partial charge in [0.25, 0.3) is 0 Å². The summed E-state index contributed by atoms with van der Waals surface area (Å²) in [7, 11) is 0. The highest BCUT2D eigenvalue weighted by molar-refractivity contribution is 6.20. The monoisotopic (exact) mass is 1740 g/mol. The van der Waals surface area contributed by atoms with Crippen LogP contribution in [0.3, 0.4) is 0 Å². The first-order valence-corrected chi connectivity index (χ1v) is 50.1. The minimum atomic E-state index is -0.870. The number of anilines is 6. The maximum Gasteiger partial charge on any atom is 0.145 e. The molecule has 0 saturated carbocycles. The molecule has 668 valence electrons. The molecule has 0 aliphatic heterocycles. The van der Waals surface area contributed by atoms with Crippen LogP contribution in [0.4, 0.5) is 34.1 Å². The van der Waals surface area contributed by atoms with Crippen molar-refractivity contribution in [1.29, 1.82) is 0 Å². The molecule has 21 rings (SSSR count). The number of para-hydroxylation sites is 1. The van der Waals surface area contributed by atoms with Gasteiger partial charge in [0.05, 0.1) is 16.5 Å². The normalized spacial score (nSPS) is 15.5. The van der Waals surface area contributed by atoms with Crippen LogP contribution in [-0.2, 0) is 43.3 Å². The van der Waals surface area contributed by atoms with Crippen LogP contribution >= 0.6 is 0 Å². The molecule has 16 aromatic rings. The highest BCUT2D eigenvalue weighted by Gasteiger charge is 2.55. The summed E-state index contributed by atoms with van der Waals surface area (Å²) in [6, 6.07) is 120. The Bertz CT molecular complexity index is 7100. The maximum atomic E-state index is 7.70. The summed E-state index contributed by atoms with van der Waals surface area (Å²) in [5.74, 6) is 0. The third-order valence-corrected chi connectivity index (χ3v) is 31.8. The third kappa shape index (κ3) is 14.5. The van der Waals surface area contributed by atoms with Crippen molar-refractivity contribution in [1.82, 2.24) is 0 Å². The molecule has 0 saturated heterocycles.